The van der Waals surface area contributed by atoms with E-state index in [2.05, 4.69) is 20.7 Å². The van der Waals surface area contributed by atoms with E-state index in [0.717, 1.165) is 0 Å². The molecule has 1 atom stereocenters. The molecule has 10 heteroatoms. The van der Waals surface area contributed by atoms with Gasteiger partial charge in [-0.15, -0.1) is 0 Å². The zero-order valence-corrected chi connectivity index (χ0v) is 18.5. The molecule has 1 unspecified atom stereocenters. The lowest BCUT2D eigenvalue weighted by Crippen LogP contribution is -2.44. The maximum absolute atomic E-state index is 12.6. The van der Waals surface area contributed by atoms with Gasteiger partial charge in [-0.2, -0.15) is 11.8 Å². The molecule has 162 valence electrons. The summed E-state index contributed by atoms with van der Waals surface area (Å²) in [5, 5.41) is 8.13. The van der Waals surface area contributed by atoms with Crippen LogP contribution in [-0.2, 0) is 14.8 Å². The van der Waals surface area contributed by atoms with Gasteiger partial charge in [0.15, 0.2) is 0 Å². The van der Waals surface area contributed by atoms with Crippen LogP contribution in [0.3, 0.4) is 0 Å². The molecule has 0 aliphatic heterocycles. The summed E-state index contributed by atoms with van der Waals surface area (Å²) in [4.78, 5) is 24.6. The molecule has 0 radical (unpaired) electrons. The Morgan fingerprint density at radius 3 is 1.97 bits per heavy atom. The summed E-state index contributed by atoms with van der Waals surface area (Å²) in [6.07, 6.45) is 2.27. The van der Waals surface area contributed by atoms with Gasteiger partial charge in [-0.1, -0.05) is 18.2 Å². The fraction of sp³-hybridized carbons (Fsp3) is 0.300. The molecule has 30 heavy (non-hydrogen) atoms. The molecule has 0 aliphatic carbocycles. The summed E-state index contributed by atoms with van der Waals surface area (Å²) in [6, 6.07) is 14.4. The number of anilines is 3. The Morgan fingerprint density at radius 2 is 1.43 bits per heavy atom. The van der Waals surface area contributed by atoms with Gasteiger partial charge >= 0.3 is 6.03 Å². The number of rotatable bonds is 10. The van der Waals surface area contributed by atoms with Crippen molar-refractivity contribution >= 4 is 50.8 Å². The number of amides is 3. The molecule has 0 spiro atoms. The van der Waals surface area contributed by atoms with Gasteiger partial charge in [0.1, 0.15) is 6.04 Å². The number of carbonyl (C=O) groups is 2. The Kier molecular flexibility index (Phi) is 9.15. The van der Waals surface area contributed by atoms with E-state index in [9.17, 15) is 18.0 Å². The van der Waals surface area contributed by atoms with Crippen molar-refractivity contribution in [2.75, 3.05) is 33.7 Å². The predicted octanol–water partition coefficient (Wildman–Crippen LogP) is 3.33. The van der Waals surface area contributed by atoms with E-state index in [4.69, 9.17) is 0 Å². The highest BCUT2D eigenvalue weighted by molar-refractivity contribution is 7.98. The van der Waals surface area contributed by atoms with Crippen LogP contribution in [0.25, 0.3) is 0 Å². The largest absolute Gasteiger partial charge is 0.325 e. The third-order valence-electron chi connectivity index (χ3n) is 4.07. The normalized spacial score (nSPS) is 12.1. The van der Waals surface area contributed by atoms with E-state index < -0.39 is 22.0 Å². The summed E-state index contributed by atoms with van der Waals surface area (Å²) in [5.41, 5.74) is 1.72. The summed E-state index contributed by atoms with van der Waals surface area (Å²) in [5.74, 6) is 0.120. The zero-order valence-electron chi connectivity index (χ0n) is 16.8. The molecular weight excluding hydrogens is 424 g/mol. The monoisotopic (exact) mass is 450 g/mol. The first-order chi connectivity index (χ1) is 14.3. The van der Waals surface area contributed by atoms with Crippen molar-refractivity contribution in [2.45, 2.75) is 19.4 Å². The van der Waals surface area contributed by atoms with Gasteiger partial charge in [-0.3, -0.25) is 4.79 Å². The van der Waals surface area contributed by atoms with Crippen molar-refractivity contribution in [1.29, 1.82) is 0 Å². The highest BCUT2D eigenvalue weighted by Crippen LogP contribution is 2.15. The van der Waals surface area contributed by atoms with Crippen molar-refractivity contribution in [2.24, 2.45) is 0 Å². The van der Waals surface area contributed by atoms with Crippen molar-refractivity contribution in [3.05, 3.63) is 54.6 Å². The fourth-order valence-corrected chi connectivity index (χ4v) is 3.76. The quantitative estimate of drug-likeness (QED) is 0.443. The molecule has 3 amide bonds. The number of hydrogen-bond acceptors (Lipinski definition) is 5. The summed E-state index contributed by atoms with van der Waals surface area (Å²) in [6.45, 7) is 1.52. The maximum atomic E-state index is 12.6. The van der Waals surface area contributed by atoms with Gasteiger partial charge < -0.3 is 16.0 Å². The van der Waals surface area contributed by atoms with Crippen LogP contribution in [0.4, 0.5) is 21.9 Å². The molecule has 8 nitrogen and oxygen atoms in total. The number of urea groups is 1. The summed E-state index contributed by atoms with van der Waals surface area (Å²) >= 11 is 1.53. The van der Waals surface area contributed by atoms with E-state index in [1.54, 1.807) is 36.4 Å². The molecule has 4 N–H and O–H groups in total. The molecule has 2 aromatic carbocycles. The average Bonchev–Trinajstić information content (AvgIpc) is 2.73. The first-order valence-electron chi connectivity index (χ1n) is 9.36. The van der Waals surface area contributed by atoms with Crippen molar-refractivity contribution in [1.82, 2.24) is 4.72 Å². The minimum absolute atomic E-state index is 0.0958. The third-order valence-corrected chi connectivity index (χ3v) is 6.12. The van der Waals surface area contributed by atoms with E-state index in [1.165, 1.54) is 18.7 Å². The van der Waals surface area contributed by atoms with Crippen molar-refractivity contribution in [3.63, 3.8) is 0 Å². The summed E-state index contributed by atoms with van der Waals surface area (Å²) in [7, 11) is -3.51. The fourth-order valence-electron chi connectivity index (χ4n) is 2.46. The van der Waals surface area contributed by atoms with E-state index >= 15 is 0 Å². The Balaban J connectivity index is 1.95. The molecule has 0 saturated heterocycles. The first-order valence-corrected chi connectivity index (χ1v) is 12.4. The minimum Gasteiger partial charge on any atom is -0.325 e. The second-order valence-corrected chi connectivity index (χ2v) is 9.40. The number of carbonyl (C=O) groups excluding carboxylic acids is 2. The van der Waals surface area contributed by atoms with Gasteiger partial charge in [-0.05, 0) is 61.8 Å². The molecule has 0 bridgehead atoms. The lowest BCUT2D eigenvalue weighted by atomic mass is 10.2. The Labute approximate surface area is 181 Å². The van der Waals surface area contributed by atoms with E-state index in [1.807, 2.05) is 24.5 Å². The van der Waals surface area contributed by atoms with E-state index in [0.29, 0.717) is 29.2 Å². The van der Waals surface area contributed by atoms with Crippen LogP contribution in [0.1, 0.15) is 13.3 Å². The van der Waals surface area contributed by atoms with Gasteiger partial charge in [0.05, 0.1) is 5.75 Å². The standard InChI is InChI=1S/C20H26N4O4S2/c1-3-30(27,28)24-18(13-14-29-2)19(25)21-16-9-11-17(12-10-16)23-20(26)22-15-7-5-4-6-8-15/h4-12,18,24H,3,13-14H2,1-2H3,(H,21,25)(H2,22,23,26). The van der Waals surface area contributed by atoms with Crippen LogP contribution in [0.2, 0.25) is 0 Å². The summed E-state index contributed by atoms with van der Waals surface area (Å²) < 4.78 is 26.2. The Bertz CT molecular complexity index is 935. The molecular formula is C20H26N4O4S2. The van der Waals surface area contributed by atoms with Crippen LogP contribution in [0, 0.1) is 0 Å². The minimum atomic E-state index is -3.51. The topological polar surface area (TPSA) is 116 Å². The highest BCUT2D eigenvalue weighted by atomic mass is 32.2. The van der Waals surface area contributed by atoms with Crippen molar-refractivity contribution < 1.29 is 18.0 Å². The Hall–Kier alpha value is -2.56. The zero-order chi connectivity index (χ0) is 22.0. The number of sulfonamides is 1. The number of thioether (sulfide) groups is 1. The third kappa shape index (κ3) is 8.05. The molecule has 0 aromatic heterocycles. The number of nitrogens with one attached hydrogen (secondary N) is 4. The second kappa shape index (κ2) is 11.6. The first kappa shape index (κ1) is 23.7. The molecule has 0 heterocycles. The van der Waals surface area contributed by atoms with Crippen LogP contribution < -0.4 is 20.7 Å². The highest BCUT2D eigenvalue weighted by Gasteiger charge is 2.23. The number of benzene rings is 2. The number of hydrogen-bond donors (Lipinski definition) is 4. The number of para-hydroxylation sites is 1. The van der Waals surface area contributed by atoms with Crippen molar-refractivity contribution in [3.8, 4) is 0 Å². The molecule has 0 saturated carbocycles. The second-order valence-electron chi connectivity index (χ2n) is 6.37. The molecule has 2 rings (SSSR count). The van der Waals surface area contributed by atoms with Gasteiger partial charge in [0, 0.05) is 17.1 Å². The maximum Gasteiger partial charge on any atom is 0.323 e. The molecule has 0 aliphatic rings. The molecule has 2 aromatic rings. The predicted molar refractivity (Wildman–Crippen MR) is 124 cm³/mol. The van der Waals surface area contributed by atoms with Gasteiger partial charge in [0.2, 0.25) is 15.9 Å². The van der Waals surface area contributed by atoms with Gasteiger partial charge in [-0.25, -0.2) is 17.9 Å². The van der Waals surface area contributed by atoms with Crippen LogP contribution in [0.5, 0.6) is 0 Å². The smallest absolute Gasteiger partial charge is 0.323 e. The van der Waals surface area contributed by atoms with Crippen LogP contribution in [-0.4, -0.2) is 44.2 Å². The molecule has 0 fully saturated rings. The van der Waals surface area contributed by atoms with Crippen LogP contribution in [0.15, 0.2) is 54.6 Å². The van der Waals surface area contributed by atoms with Gasteiger partial charge in [0.25, 0.3) is 0 Å². The van der Waals surface area contributed by atoms with E-state index in [-0.39, 0.29) is 11.8 Å². The average molecular weight is 451 g/mol. The van der Waals surface area contributed by atoms with Crippen LogP contribution >= 0.6 is 11.8 Å². The lowest BCUT2D eigenvalue weighted by Gasteiger charge is -2.18. The lowest BCUT2D eigenvalue weighted by molar-refractivity contribution is -0.117. The SMILES string of the molecule is CCS(=O)(=O)NC(CCSC)C(=O)Nc1ccc(NC(=O)Nc2ccccc2)cc1. The Morgan fingerprint density at radius 1 is 0.900 bits per heavy atom.